The van der Waals surface area contributed by atoms with Crippen molar-refractivity contribution in [3.63, 3.8) is 0 Å². The number of nitrogens with one attached hydrogen (secondary N) is 1. The van der Waals surface area contributed by atoms with Gasteiger partial charge in [-0.15, -0.1) is 0 Å². The Bertz CT molecular complexity index is 472. The minimum atomic E-state index is -0.167. The van der Waals surface area contributed by atoms with Crippen molar-refractivity contribution < 1.29 is 9.32 Å². The van der Waals surface area contributed by atoms with Crippen LogP contribution in [-0.2, 0) is 6.42 Å². The maximum Gasteiger partial charge on any atom is 0.273 e. The van der Waals surface area contributed by atoms with Crippen LogP contribution < -0.4 is 5.32 Å². The molecule has 1 aromatic heterocycles. The van der Waals surface area contributed by atoms with Crippen molar-refractivity contribution in [2.45, 2.75) is 71.9 Å². The second-order valence-corrected chi connectivity index (χ2v) is 6.21. The third-order valence-electron chi connectivity index (χ3n) is 4.86. The van der Waals surface area contributed by atoms with Crippen molar-refractivity contribution in [3.05, 3.63) is 17.5 Å². The van der Waals surface area contributed by atoms with Crippen molar-refractivity contribution in [1.82, 2.24) is 15.4 Å². The van der Waals surface area contributed by atoms with Crippen LogP contribution in [0.15, 0.2) is 10.6 Å². The van der Waals surface area contributed by atoms with Crippen LogP contribution in [0.25, 0.3) is 0 Å². The molecule has 1 heterocycles. The first kappa shape index (κ1) is 18.7. The molecular weight excluding hydrogens is 278 g/mol. The molecule has 0 fully saturated rings. The Kier molecular flexibility index (Phi) is 7.07. The number of rotatable bonds is 9. The fourth-order valence-corrected chi connectivity index (χ4v) is 2.57. The maximum atomic E-state index is 12.3. The highest BCUT2D eigenvalue weighted by atomic mass is 16.5. The van der Waals surface area contributed by atoms with Gasteiger partial charge in [-0.2, -0.15) is 0 Å². The number of likely N-dealkylation sites (N-methyl/N-ethyl adjacent to an activating group) is 1. The highest BCUT2D eigenvalue weighted by Crippen LogP contribution is 2.23. The molecule has 126 valence electrons. The first-order chi connectivity index (χ1) is 10.4. The van der Waals surface area contributed by atoms with Crippen LogP contribution in [0, 0.1) is 0 Å². The molecular formula is C17H31N3O2. The van der Waals surface area contributed by atoms with E-state index in [-0.39, 0.29) is 17.5 Å². The van der Waals surface area contributed by atoms with Gasteiger partial charge >= 0.3 is 0 Å². The second kappa shape index (κ2) is 8.32. The number of amides is 1. The van der Waals surface area contributed by atoms with E-state index in [0.29, 0.717) is 5.69 Å². The molecule has 1 rings (SSSR count). The summed E-state index contributed by atoms with van der Waals surface area (Å²) >= 11 is 0. The Labute approximate surface area is 134 Å². The van der Waals surface area contributed by atoms with Gasteiger partial charge in [0, 0.05) is 24.1 Å². The Balaban J connectivity index is 2.74. The fraction of sp³-hybridized carbons (Fsp3) is 0.765. The molecule has 0 saturated carbocycles. The molecule has 5 heteroatoms. The lowest BCUT2D eigenvalue weighted by atomic mass is 9.88. The minimum Gasteiger partial charge on any atom is -0.361 e. The van der Waals surface area contributed by atoms with E-state index in [1.165, 1.54) is 6.42 Å². The predicted molar refractivity (Wildman–Crippen MR) is 89.0 cm³/mol. The largest absolute Gasteiger partial charge is 0.361 e. The minimum absolute atomic E-state index is 0.0219. The summed E-state index contributed by atoms with van der Waals surface area (Å²) in [5.41, 5.74) is 0.278. The number of carbonyl (C=O) groups is 1. The van der Waals surface area contributed by atoms with Crippen LogP contribution in [0.3, 0.4) is 0 Å². The standard InChI is InChI=1S/C17H31N3O2/c1-7-10-11-20(6)17(5,9-3)13(4)18-16(21)15-12-14(8-2)22-19-15/h12-13H,7-11H2,1-6H3,(H,18,21). The number of carbonyl (C=O) groups excluding carboxylic acids is 1. The normalized spacial score (nSPS) is 15.6. The van der Waals surface area contributed by atoms with E-state index < -0.39 is 0 Å². The molecule has 0 aliphatic heterocycles. The van der Waals surface area contributed by atoms with Gasteiger partial charge in [-0.1, -0.05) is 32.3 Å². The molecule has 0 spiro atoms. The van der Waals surface area contributed by atoms with E-state index >= 15 is 0 Å². The van der Waals surface area contributed by atoms with Gasteiger partial charge in [0.15, 0.2) is 5.69 Å². The van der Waals surface area contributed by atoms with Crippen molar-refractivity contribution in [1.29, 1.82) is 0 Å². The van der Waals surface area contributed by atoms with E-state index in [1.807, 2.05) is 6.92 Å². The lowest BCUT2D eigenvalue weighted by molar-refractivity contribution is 0.0727. The quantitative estimate of drug-likeness (QED) is 0.760. The molecule has 1 aromatic rings. The van der Waals surface area contributed by atoms with Gasteiger partial charge < -0.3 is 9.84 Å². The molecule has 5 nitrogen and oxygen atoms in total. The van der Waals surface area contributed by atoms with Crippen LogP contribution in [0.1, 0.15) is 70.1 Å². The lowest BCUT2D eigenvalue weighted by Crippen LogP contribution is -2.58. The van der Waals surface area contributed by atoms with Crippen molar-refractivity contribution >= 4 is 5.91 Å². The van der Waals surface area contributed by atoms with E-state index in [0.717, 1.165) is 31.6 Å². The maximum absolute atomic E-state index is 12.3. The Morgan fingerprint density at radius 2 is 2.14 bits per heavy atom. The third kappa shape index (κ3) is 4.32. The number of aromatic nitrogens is 1. The van der Waals surface area contributed by atoms with Gasteiger partial charge in [0.1, 0.15) is 5.76 Å². The smallest absolute Gasteiger partial charge is 0.273 e. The van der Waals surface area contributed by atoms with Crippen LogP contribution in [0.4, 0.5) is 0 Å². The first-order valence-corrected chi connectivity index (χ1v) is 8.36. The van der Waals surface area contributed by atoms with E-state index in [2.05, 4.69) is 50.1 Å². The van der Waals surface area contributed by atoms with Crippen LogP contribution >= 0.6 is 0 Å². The lowest BCUT2D eigenvalue weighted by Gasteiger charge is -2.43. The Hall–Kier alpha value is -1.36. The van der Waals surface area contributed by atoms with Crippen LogP contribution in [-0.4, -0.2) is 41.1 Å². The number of hydrogen-bond acceptors (Lipinski definition) is 4. The molecule has 22 heavy (non-hydrogen) atoms. The molecule has 0 aromatic carbocycles. The monoisotopic (exact) mass is 309 g/mol. The number of nitrogens with zero attached hydrogens (tertiary/aromatic N) is 2. The predicted octanol–water partition coefficient (Wildman–Crippen LogP) is 3.26. The molecule has 0 aliphatic carbocycles. The van der Waals surface area contributed by atoms with Gasteiger partial charge in [-0.3, -0.25) is 9.69 Å². The van der Waals surface area contributed by atoms with E-state index in [4.69, 9.17) is 4.52 Å². The zero-order chi connectivity index (χ0) is 16.8. The summed E-state index contributed by atoms with van der Waals surface area (Å²) in [7, 11) is 2.13. The summed E-state index contributed by atoms with van der Waals surface area (Å²) in [6, 6.07) is 1.74. The summed E-state index contributed by atoms with van der Waals surface area (Å²) < 4.78 is 5.11. The first-order valence-electron chi connectivity index (χ1n) is 8.36. The number of hydrogen-bond donors (Lipinski definition) is 1. The highest BCUT2D eigenvalue weighted by molar-refractivity contribution is 5.92. The van der Waals surface area contributed by atoms with Gasteiger partial charge in [0.25, 0.3) is 5.91 Å². The molecule has 0 saturated heterocycles. The number of unbranched alkanes of at least 4 members (excludes halogenated alkanes) is 1. The molecule has 0 bridgehead atoms. The molecule has 1 N–H and O–H groups in total. The zero-order valence-electron chi connectivity index (χ0n) is 14.9. The summed E-state index contributed by atoms with van der Waals surface area (Å²) in [6.07, 6.45) is 4.04. The van der Waals surface area contributed by atoms with Crippen molar-refractivity contribution in [2.75, 3.05) is 13.6 Å². The highest BCUT2D eigenvalue weighted by Gasteiger charge is 2.34. The molecule has 0 radical (unpaired) electrons. The van der Waals surface area contributed by atoms with E-state index in [1.54, 1.807) is 6.07 Å². The molecule has 0 aliphatic rings. The van der Waals surface area contributed by atoms with Crippen LogP contribution in [0.5, 0.6) is 0 Å². The number of aryl methyl sites for hydroxylation is 1. The average Bonchev–Trinajstić information content (AvgIpc) is 3.00. The SMILES string of the molecule is CCCCN(C)C(C)(CC)C(C)NC(=O)c1cc(CC)on1. The topological polar surface area (TPSA) is 58.4 Å². The molecule has 2 atom stereocenters. The fourth-order valence-electron chi connectivity index (χ4n) is 2.57. The van der Waals surface area contributed by atoms with Gasteiger partial charge in [-0.25, -0.2) is 0 Å². The summed E-state index contributed by atoms with van der Waals surface area (Å²) in [5, 5.41) is 6.92. The van der Waals surface area contributed by atoms with Crippen molar-refractivity contribution in [2.24, 2.45) is 0 Å². The average molecular weight is 309 g/mol. The van der Waals surface area contributed by atoms with Crippen LogP contribution in [0.2, 0.25) is 0 Å². The summed E-state index contributed by atoms with van der Waals surface area (Å²) in [5.74, 6) is 0.565. The third-order valence-corrected chi connectivity index (χ3v) is 4.86. The molecule has 1 amide bonds. The van der Waals surface area contributed by atoms with Crippen molar-refractivity contribution in [3.8, 4) is 0 Å². The second-order valence-electron chi connectivity index (χ2n) is 6.21. The molecule has 2 unspecified atom stereocenters. The Morgan fingerprint density at radius 3 is 2.64 bits per heavy atom. The van der Waals surface area contributed by atoms with Gasteiger partial charge in [0.2, 0.25) is 0 Å². The summed E-state index contributed by atoms with van der Waals surface area (Å²) in [6.45, 7) is 11.6. The van der Waals surface area contributed by atoms with E-state index in [9.17, 15) is 4.79 Å². The Morgan fingerprint density at radius 1 is 1.45 bits per heavy atom. The zero-order valence-corrected chi connectivity index (χ0v) is 14.9. The van der Waals surface area contributed by atoms with Gasteiger partial charge in [0.05, 0.1) is 0 Å². The summed E-state index contributed by atoms with van der Waals surface area (Å²) in [4.78, 5) is 14.7. The van der Waals surface area contributed by atoms with Gasteiger partial charge in [-0.05, 0) is 40.3 Å².